The van der Waals surface area contributed by atoms with Crippen LogP contribution in [-0.2, 0) is 11.3 Å². The van der Waals surface area contributed by atoms with Crippen LogP contribution in [0, 0.1) is 0 Å². The van der Waals surface area contributed by atoms with Gasteiger partial charge in [-0.1, -0.05) is 6.08 Å². The normalized spacial score (nSPS) is 12.1. The molecule has 5 heteroatoms. The molecule has 1 unspecified atom stereocenters. The van der Waals surface area contributed by atoms with Crippen LogP contribution in [0.5, 0.6) is 0 Å². The number of hydrogen-bond acceptors (Lipinski definition) is 3. The van der Waals surface area contributed by atoms with E-state index in [0.29, 0.717) is 13.0 Å². The summed E-state index contributed by atoms with van der Waals surface area (Å²) in [5, 5.41) is 6.50. The van der Waals surface area contributed by atoms with Crippen molar-refractivity contribution in [3.63, 3.8) is 0 Å². The second-order valence-electron chi connectivity index (χ2n) is 3.43. The Kier molecular flexibility index (Phi) is 4.05. The van der Waals surface area contributed by atoms with Crippen molar-refractivity contribution in [1.29, 1.82) is 0 Å². The number of aromatic nitrogens is 2. The number of hydrogen-bond donors (Lipinski definition) is 2. The van der Waals surface area contributed by atoms with Crippen LogP contribution in [0.15, 0.2) is 25.0 Å². The average molecular weight is 208 g/mol. The summed E-state index contributed by atoms with van der Waals surface area (Å²) >= 11 is 0. The number of H-pyrrole nitrogens is 1. The zero-order valence-corrected chi connectivity index (χ0v) is 8.81. The smallest absolute Gasteiger partial charge is 0.239 e. The van der Waals surface area contributed by atoms with Crippen LogP contribution in [0.2, 0.25) is 0 Å². The molecule has 0 fully saturated rings. The standard InChI is InChI=1S/C10H16N4O/c1-3-4-9(11)10(15)14(2)7-8-5-12-13-6-8/h3,5-6,9H,1,4,7,11H2,2H3,(H,12,13). The van der Waals surface area contributed by atoms with Crippen molar-refractivity contribution < 1.29 is 4.79 Å². The summed E-state index contributed by atoms with van der Waals surface area (Å²) in [5.41, 5.74) is 6.63. The van der Waals surface area contributed by atoms with Crippen LogP contribution < -0.4 is 5.73 Å². The van der Waals surface area contributed by atoms with Gasteiger partial charge in [-0.15, -0.1) is 6.58 Å². The quantitative estimate of drug-likeness (QED) is 0.682. The number of carbonyl (C=O) groups excluding carboxylic acids is 1. The SMILES string of the molecule is C=CCC(N)C(=O)N(C)Cc1cn[nH]c1. The summed E-state index contributed by atoms with van der Waals surface area (Å²) in [6, 6.07) is -0.501. The summed E-state index contributed by atoms with van der Waals surface area (Å²) in [6.45, 7) is 4.07. The Bertz CT molecular complexity index is 320. The van der Waals surface area contributed by atoms with Gasteiger partial charge in [0.2, 0.25) is 5.91 Å². The maximum Gasteiger partial charge on any atom is 0.239 e. The van der Waals surface area contributed by atoms with Crippen molar-refractivity contribution in [2.75, 3.05) is 7.05 Å². The molecule has 1 rings (SSSR count). The summed E-state index contributed by atoms with van der Waals surface area (Å²) in [4.78, 5) is 13.3. The summed E-state index contributed by atoms with van der Waals surface area (Å²) in [5.74, 6) is -0.0869. The Morgan fingerprint density at radius 2 is 2.60 bits per heavy atom. The first-order valence-corrected chi connectivity index (χ1v) is 4.74. The fourth-order valence-corrected chi connectivity index (χ4v) is 1.28. The Morgan fingerprint density at radius 1 is 1.87 bits per heavy atom. The molecule has 15 heavy (non-hydrogen) atoms. The molecule has 82 valence electrons. The van der Waals surface area contributed by atoms with E-state index in [1.165, 1.54) is 0 Å². The van der Waals surface area contributed by atoms with Crippen LogP contribution >= 0.6 is 0 Å². The first kappa shape index (κ1) is 11.5. The van der Waals surface area contributed by atoms with Gasteiger partial charge >= 0.3 is 0 Å². The molecule has 0 aliphatic carbocycles. The van der Waals surface area contributed by atoms with E-state index in [0.717, 1.165) is 5.56 Å². The highest BCUT2D eigenvalue weighted by molar-refractivity contribution is 5.81. The number of nitrogens with zero attached hydrogens (tertiary/aromatic N) is 2. The molecule has 0 aliphatic heterocycles. The number of rotatable bonds is 5. The van der Waals surface area contributed by atoms with E-state index < -0.39 is 6.04 Å². The monoisotopic (exact) mass is 208 g/mol. The zero-order chi connectivity index (χ0) is 11.3. The van der Waals surface area contributed by atoms with Crippen molar-refractivity contribution in [2.45, 2.75) is 19.0 Å². The van der Waals surface area contributed by atoms with Gasteiger partial charge in [0.15, 0.2) is 0 Å². The molecular formula is C10H16N4O. The van der Waals surface area contributed by atoms with E-state index in [9.17, 15) is 4.79 Å². The Labute approximate surface area is 89.0 Å². The lowest BCUT2D eigenvalue weighted by atomic mass is 10.2. The maximum absolute atomic E-state index is 11.7. The van der Waals surface area contributed by atoms with E-state index >= 15 is 0 Å². The molecule has 5 nitrogen and oxygen atoms in total. The van der Waals surface area contributed by atoms with E-state index in [-0.39, 0.29) is 5.91 Å². The number of likely N-dealkylation sites (N-methyl/N-ethyl adjacent to an activating group) is 1. The van der Waals surface area contributed by atoms with Gasteiger partial charge in [-0.25, -0.2) is 0 Å². The van der Waals surface area contributed by atoms with Crippen LogP contribution in [0.25, 0.3) is 0 Å². The Hall–Kier alpha value is -1.62. The first-order valence-electron chi connectivity index (χ1n) is 4.74. The Balaban J connectivity index is 2.49. The molecule has 1 amide bonds. The number of carbonyl (C=O) groups is 1. The van der Waals surface area contributed by atoms with Crippen molar-refractivity contribution >= 4 is 5.91 Å². The molecule has 3 N–H and O–H groups in total. The highest BCUT2D eigenvalue weighted by atomic mass is 16.2. The molecule has 0 bridgehead atoms. The highest BCUT2D eigenvalue weighted by Crippen LogP contribution is 2.02. The molecule has 0 radical (unpaired) electrons. The number of aromatic amines is 1. The van der Waals surface area contributed by atoms with Crippen LogP contribution in [0.4, 0.5) is 0 Å². The Morgan fingerprint density at radius 3 is 3.13 bits per heavy atom. The largest absolute Gasteiger partial charge is 0.340 e. The molecule has 0 spiro atoms. The van der Waals surface area contributed by atoms with Crippen molar-refractivity contribution in [3.8, 4) is 0 Å². The third-order valence-electron chi connectivity index (χ3n) is 2.09. The minimum absolute atomic E-state index is 0.0869. The van der Waals surface area contributed by atoms with Crippen molar-refractivity contribution in [3.05, 3.63) is 30.6 Å². The fourth-order valence-electron chi connectivity index (χ4n) is 1.28. The van der Waals surface area contributed by atoms with E-state index in [1.807, 2.05) is 0 Å². The predicted octanol–water partition coefficient (Wildman–Crippen LogP) is 0.271. The molecule has 1 aromatic rings. The molecule has 1 aromatic heterocycles. The molecule has 0 aromatic carbocycles. The van der Waals surface area contributed by atoms with Gasteiger partial charge in [-0.05, 0) is 6.42 Å². The predicted molar refractivity (Wildman–Crippen MR) is 57.9 cm³/mol. The summed E-state index contributed by atoms with van der Waals surface area (Å²) in [6.07, 6.45) is 5.58. The molecule has 1 atom stereocenters. The van der Waals surface area contributed by atoms with Gasteiger partial charge in [0, 0.05) is 25.4 Å². The number of nitrogens with two attached hydrogens (primary N) is 1. The van der Waals surface area contributed by atoms with Crippen molar-refractivity contribution in [2.24, 2.45) is 5.73 Å². The zero-order valence-electron chi connectivity index (χ0n) is 8.81. The fraction of sp³-hybridized carbons (Fsp3) is 0.400. The topological polar surface area (TPSA) is 75.0 Å². The van der Waals surface area contributed by atoms with Crippen LogP contribution in [-0.4, -0.2) is 34.1 Å². The maximum atomic E-state index is 11.7. The molecule has 0 saturated heterocycles. The second-order valence-corrected chi connectivity index (χ2v) is 3.43. The number of nitrogens with one attached hydrogen (secondary N) is 1. The van der Waals surface area contributed by atoms with E-state index in [2.05, 4.69) is 16.8 Å². The summed E-state index contributed by atoms with van der Waals surface area (Å²) in [7, 11) is 1.72. The molecule has 0 saturated carbocycles. The summed E-state index contributed by atoms with van der Waals surface area (Å²) < 4.78 is 0. The third kappa shape index (κ3) is 3.21. The third-order valence-corrected chi connectivity index (χ3v) is 2.09. The van der Waals surface area contributed by atoms with Gasteiger partial charge in [0.05, 0.1) is 12.2 Å². The lowest BCUT2D eigenvalue weighted by Gasteiger charge is -2.19. The highest BCUT2D eigenvalue weighted by Gasteiger charge is 2.16. The first-order chi connectivity index (χ1) is 7.15. The van der Waals surface area contributed by atoms with Gasteiger partial charge < -0.3 is 10.6 Å². The van der Waals surface area contributed by atoms with Crippen molar-refractivity contribution in [1.82, 2.24) is 15.1 Å². The lowest BCUT2D eigenvalue weighted by molar-refractivity contribution is -0.131. The van der Waals surface area contributed by atoms with Gasteiger partial charge in [0.25, 0.3) is 0 Å². The van der Waals surface area contributed by atoms with Gasteiger partial charge in [-0.2, -0.15) is 5.10 Å². The number of amides is 1. The van der Waals surface area contributed by atoms with Gasteiger partial charge in [0.1, 0.15) is 0 Å². The molecular weight excluding hydrogens is 192 g/mol. The van der Waals surface area contributed by atoms with Gasteiger partial charge in [-0.3, -0.25) is 9.89 Å². The lowest BCUT2D eigenvalue weighted by Crippen LogP contribution is -2.40. The van der Waals surface area contributed by atoms with E-state index in [1.54, 1.807) is 30.4 Å². The molecule has 1 heterocycles. The van der Waals surface area contributed by atoms with E-state index in [4.69, 9.17) is 5.73 Å². The van der Waals surface area contributed by atoms with Crippen LogP contribution in [0.1, 0.15) is 12.0 Å². The second kappa shape index (κ2) is 5.31. The minimum Gasteiger partial charge on any atom is -0.340 e. The molecule has 0 aliphatic rings. The minimum atomic E-state index is -0.501. The average Bonchev–Trinajstić information content (AvgIpc) is 2.69. The van der Waals surface area contributed by atoms with Crippen LogP contribution in [0.3, 0.4) is 0 Å².